The third-order valence-electron chi connectivity index (χ3n) is 4.31. The van der Waals surface area contributed by atoms with Gasteiger partial charge in [-0.25, -0.2) is 4.90 Å². The molecule has 25 heavy (non-hydrogen) atoms. The van der Waals surface area contributed by atoms with Crippen molar-refractivity contribution >= 4 is 17.5 Å². The summed E-state index contributed by atoms with van der Waals surface area (Å²) in [6.07, 6.45) is 5.48. The molecule has 0 spiro atoms. The van der Waals surface area contributed by atoms with Gasteiger partial charge in [0.2, 0.25) is 0 Å². The van der Waals surface area contributed by atoms with Crippen molar-refractivity contribution < 1.29 is 9.59 Å². The van der Waals surface area contributed by atoms with Gasteiger partial charge < -0.3 is 0 Å². The molecule has 3 heteroatoms. The van der Waals surface area contributed by atoms with Crippen molar-refractivity contribution in [2.75, 3.05) is 4.90 Å². The number of para-hydroxylation sites is 1. The van der Waals surface area contributed by atoms with Crippen molar-refractivity contribution in [1.82, 2.24) is 0 Å². The Labute approximate surface area is 148 Å². The Kier molecular flexibility index (Phi) is 5.30. The van der Waals surface area contributed by atoms with Gasteiger partial charge in [-0.05, 0) is 30.7 Å². The third kappa shape index (κ3) is 3.49. The number of benzene rings is 2. The maximum absolute atomic E-state index is 12.8. The fourth-order valence-electron chi connectivity index (χ4n) is 3.00. The zero-order valence-electron chi connectivity index (χ0n) is 14.4. The van der Waals surface area contributed by atoms with Gasteiger partial charge in [-0.15, -0.1) is 0 Å². The summed E-state index contributed by atoms with van der Waals surface area (Å²) in [4.78, 5) is 26.7. The molecule has 0 bridgehead atoms. The first kappa shape index (κ1) is 17.0. The van der Waals surface area contributed by atoms with E-state index in [-0.39, 0.29) is 11.8 Å². The molecule has 2 aromatic rings. The molecule has 0 saturated carbocycles. The molecule has 0 unspecified atom stereocenters. The number of rotatable bonds is 5. The lowest BCUT2D eigenvalue weighted by atomic mass is 10.0. The largest absolute Gasteiger partial charge is 0.268 e. The van der Waals surface area contributed by atoms with Crippen LogP contribution in [0.3, 0.4) is 0 Å². The zero-order valence-corrected chi connectivity index (χ0v) is 14.4. The van der Waals surface area contributed by atoms with Gasteiger partial charge >= 0.3 is 0 Å². The van der Waals surface area contributed by atoms with E-state index >= 15 is 0 Å². The van der Waals surface area contributed by atoms with Gasteiger partial charge in [0.1, 0.15) is 0 Å². The molecule has 0 saturated heterocycles. The maximum Gasteiger partial charge on any atom is 0.267 e. The summed E-state index contributed by atoms with van der Waals surface area (Å²) in [7, 11) is 0. The molecule has 2 aromatic carbocycles. The summed E-state index contributed by atoms with van der Waals surface area (Å²) in [5, 5.41) is 0. The number of carbonyl (C=O) groups excluding carboxylic acids is 2. The first-order valence-corrected chi connectivity index (χ1v) is 8.79. The Hall–Kier alpha value is -2.86. The van der Waals surface area contributed by atoms with Crippen LogP contribution in [0.25, 0.3) is 0 Å². The fraction of sp³-hybridized carbons (Fsp3) is 0.273. The lowest BCUT2D eigenvalue weighted by Gasteiger charge is -2.13. The maximum atomic E-state index is 12.8. The van der Waals surface area contributed by atoms with Crippen LogP contribution < -0.4 is 4.90 Å². The number of imide groups is 1. The molecule has 1 heterocycles. The Morgan fingerprint density at radius 3 is 2.44 bits per heavy atom. The summed E-state index contributed by atoms with van der Waals surface area (Å²) < 4.78 is 0. The number of hydrogen-bond donors (Lipinski definition) is 0. The van der Waals surface area contributed by atoms with E-state index in [0.717, 1.165) is 12.8 Å². The van der Waals surface area contributed by atoms with E-state index in [4.69, 9.17) is 0 Å². The highest BCUT2D eigenvalue weighted by atomic mass is 16.2. The van der Waals surface area contributed by atoms with Crippen molar-refractivity contribution in [3.63, 3.8) is 0 Å². The molecule has 3 rings (SSSR count). The first-order valence-electron chi connectivity index (χ1n) is 8.79. The lowest BCUT2D eigenvalue weighted by Crippen LogP contribution is -2.29. The number of amides is 2. The second kappa shape index (κ2) is 7.81. The van der Waals surface area contributed by atoms with Crippen LogP contribution in [-0.2, 0) is 0 Å². The highest BCUT2D eigenvalue weighted by Crippen LogP contribution is 2.30. The molecular formula is C22H21NO2. The van der Waals surface area contributed by atoms with Crippen LogP contribution in [-0.4, -0.2) is 11.8 Å². The van der Waals surface area contributed by atoms with Gasteiger partial charge in [0, 0.05) is 12.0 Å². The Morgan fingerprint density at radius 2 is 1.68 bits per heavy atom. The topological polar surface area (TPSA) is 37.4 Å². The van der Waals surface area contributed by atoms with Crippen molar-refractivity contribution in [3.8, 4) is 11.8 Å². The third-order valence-corrected chi connectivity index (χ3v) is 4.31. The molecule has 126 valence electrons. The minimum atomic E-state index is -0.290. The SMILES string of the molecule is CCCCCCC#Cc1cccc2c1C(=O)N(c1ccccc1)C2=O. The van der Waals surface area contributed by atoms with E-state index < -0.39 is 0 Å². The molecule has 0 radical (unpaired) electrons. The molecule has 2 amide bonds. The minimum Gasteiger partial charge on any atom is -0.268 e. The van der Waals surface area contributed by atoms with E-state index in [1.807, 2.05) is 24.3 Å². The number of fused-ring (bicyclic) bond motifs is 1. The van der Waals surface area contributed by atoms with E-state index in [0.29, 0.717) is 22.4 Å². The summed E-state index contributed by atoms with van der Waals surface area (Å²) in [5.74, 6) is 5.67. The van der Waals surface area contributed by atoms with Crippen LogP contribution in [0.2, 0.25) is 0 Å². The van der Waals surface area contributed by atoms with Gasteiger partial charge in [0.05, 0.1) is 16.8 Å². The quantitative estimate of drug-likeness (QED) is 0.448. The number of hydrogen-bond acceptors (Lipinski definition) is 2. The van der Waals surface area contributed by atoms with Crippen LogP contribution in [0.5, 0.6) is 0 Å². The van der Waals surface area contributed by atoms with E-state index in [2.05, 4.69) is 18.8 Å². The normalized spacial score (nSPS) is 12.8. The van der Waals surface area contributed by atoms with Crippen LogP contribution in [0.15, 0.2) is 48.5 Å². The Bertz CT molecular complexity index is 843. The summed E-state index contributed by atoms with van der Waals surface area (Å²) in [6.45, 7) is 2.18. The second-order valence-corrected chi connectivity index (χ2v) is 6.12. The van der Waals surface area contributed by atoms with E-state index in [1.165, 1.54) is 24.2 Å². The van der Waals surface area contributed by atoms with Gasteiger partial charge in [-0.3, -0.25) is 9.59 Å². The fourth-order valence-corrected chi connectivity index (χ4v) is 3.00. The zero-order chi connectivity index (χ0) is 17.6. The van der Waals surface area contributed by atoms with Crippen molar-refractivity contribution in [2.45, 2.75) is 39.0 Å². The molecular weight excluding hydrogens is 310 g/mol. The molecule has 0 N–H and O–H groups in total. The number of unbranched alkanes of at least 4 members (excludes halogenated alkanes) is 4. The average molecular weight is 331 g/mol. The molecule has 0 aliphatic carbocycles. The molecule has 0 aromatic heterocycles. The molecule has 0 fully saturated rings. The van der Waals surface area contributed by atoms with Gasteiger partial charge in [-0.1, -0.05) is 62.3 Å². The van der Waals surface area contributed by atoms with Crippen LogP contribution in [0.1, 0.15) is 65.3 Å². The second-order valence-electron chi connectivity index (χ2n) is 6.12. The van der Waals surface area contributed by atoms with Crippen LogP contribution in [0.4, 0.5) is 5.69 Å². The summed E-state index contributed by atoms with van der Waals surface area (Å²) in [5.41, 5.74) is 2.10. The molecule has 0 atom stereocenters. The standard InChI is InChI=1S/C22H21NO2/c1-2-3-4-5-6-8-12-17-13-11-16-19-20(17)22(25)23(21(19)24)18-14-9-7-10-15-18/h7,9-11,13-16H,2-6H2,1H3. The molecule has 1 aliphatic rings. The first-order chi connectivity index (χ1) is 12.2. The summed E-state index contributed by atoms with van der Waals surface area (Å²) >= 11 is 0. The Balaban J connectivity index is 1.85. The van der Waals surface area contributed by atoms with Gasteiger partial charge in [-0.2, -0.15) is 0 Å². The van der Waals surface area contributed by atoms with Crippen LogP contribution in [0, 0.1) is 11.8 Å². The van der Waals surface area contributed by atoms with Crippen molar-refractivity contribution in [3.05, 3.63) is 65.2 Å². The minimum absolute atomic E-state index is 0.280. The predicted molar refractivity (Wildman–Crippen MR) is 99.7 cm³/mol. The smallest absolute Gasteiger partial charge is 0.267 e. The van der Waals surface area contributed by atoms with E-state index in [9.17, 15) is 9.59 Å². The van der Waals surface area contributed by atoms with Crippen molar-refractivity contribution in [2.24, 2.45) is 0 Å². The average Bonchev–Trinajstić information content (AvgIpc) is 2.90. The number of carbonyl (C=O) groups is 2. The lowest BCUT2D eigenvalue weighted by molar-refractivity contribution is 0.0926. The van der Waals surface area contributed by atoms with E-state index in [1.54, 1.807) is 24.3 Å². The number of nitrogens with zero attached hydrogens (tertiary/aromatic N) is 1. The predicted octanol–water partition coefficient (Wildman–Crippen LogP) is 4.81. The molecule has 1 aliphatic heterocycles. The highest BCUT2D eigenvalue weighted by Gasteiger charge is 2.38. The van der Waals surface area contributed by atoms with Crippen molar-refractivity contribution in [1.29, 1.82) is 0 Å². The van der Waals surface area contributed by atoms with Gasteiger partial charge in [0.15, 0.2) is 0 Å². The monoisotopic (exact) mass is 331 g/mol. The summed E-state index contributed by atoms with van der Waals surface area (Å²) in [6, 6.07) is 14.3. The van der Waals surface area contributed by atoms with Crippen LogP contribution >= 0.6 is 0 Å². The molecule has 3 nitrogen and oxygen atoms in total. The van der Waals surface area contributed by atoms with Gasteiger partial charge in [0.25, 0.3) is 11.8 Å². The highest BCUT2D eigenvalue weighted by molar-refractivity contribution is 6.35. The Morgan fingerprint density at radius 1 is 0.880 bits per heavy atom. The number of anilines is 1.